The highest BCUT2D eigenvalue weighted by Crippen LogP contribution is 2.33. The van der Waals surface area contributed by atoms with Crippen LogP contribution in [0.5, 0.6) is 0 Å². The van der Waals surface area contributed by atoms with Crippen molar-refractivity contribution in [2.24, 2.45) is 0 Å². The molecule has 0 aliphatic heterocycles. The standard InChI is InChI=1S/C9H7N3O2S/c10-6-2-1-5-11-9(6)7-3-4-8(15-7)12(13)14/h1-5H,10H2. The van der Waals surface area contributed by atoms with Gasteiger partial charge < -0.3 is 5.73 Å². The van der Waals surface area contributed by atoms with Crippen molar-refractivity contribution < 1.29 is 4.92 Å². The molecule has 15 heavy (non-hydrogen) atoms. The van der Waals surface area contributed by atoms with E-state index in [2.05, 4.69) is 4.98 Å². The van der Waals surface area contributed by atoms with Crippen LogP contribution in [0.4, 0.5) is 10.7 Å². The van der Waals surface area contributed by atoms with E-state index >= 15 is 0 Å². The maximum atomic E-state index is 10.5. The topological polar surface area (TPSA) is 82.0 Å². The number of anilines is 1. The Bertz CT molecular complexity index is 510. The summed E-state index contributed by atoms with van der Waals surface area (Å²) in [6.07, 6.45) is 1.61. The van der Waals surface area contributed by atoms with Crippen LogP contribution in [0, 0.1) is 10.1 Å². The Balaban J connectivity index is 2.46. The third-order valence-corrected chi connectivity index (χ3v) is 2.89. The molecule has 76 valence electrons. The van der Waals surface area contributed by atoms with Crippen LogP contribution >= 0.6 is 11.3 Å². The second-order valence-electron chi connectivity index (χ2n) is 2.84. The summed E-state index contributed by atoms with van der Waals surface area (Å²) < 4.78 is 0. The molecule has 2 N–H and O–H groups in total. The molecule has 0 unspecified atom stereocenters. The van der Waals surface area contributed by atoms with Crippen molar-refractivity contribution in [1.29, 1.82) is 0 Å². The SMILES string of the molecule is Nc1cccnc1-c1ccc([N+](=O)[O-])s1. The van der Waals surface area contributed by atoms with Crippen LogP contribution in [0.3, 0.4) is 0 Å². The molecular formula is C9H7N3O2S. The van der Waals surface area contributed by atoms with E-state index in [9.17, 15) is 10.1 Å². The van der Waals surface area contributed by atoms with Gasteiger partial charge in [-0.1, -0.05) is 11.3 Å². The molecule has 0 radical (unpaired) electrons. The van der Waals surface area contributed by atoms with Crippen molar-refractivity contribution in [3.8, 4) is 10.6 Å². The van der Waals surface area contributed by atoms with Gasteiger partial charge in [0.2, 0.25) is 0 Å². The lowest BCUT2D eigenvalue weighted by Crippen LogP contribution is -1.90. The largest absolute Gasteiger partial charge is 0.397 e. The fraction of sp³-hybridized carbons (Fsp3) is 0. The highest BCUT2D eigenvalue weighted by atomic mass is 32.1. The summed E-state index contributed by atoms with van der Waals surface area (Å²) in [7, 11) is 0. The third-order valence-electron chi connectivity index (χ3n) is 1.84. The minimum atomic E-state index is -0.423. The van der Waals surface area contributed by atoms with Crippen LogP contribution in [0.15, 0.2) is 30.5 Å². The Labute approximate surface area is 89.3 Å². The van der Waals surface area contributed by atoms with E-state index in [-0.39, 0.29) is 5.00 Å². The summed E-state index contributed by atoms with van der Waals surface area (Å²) in [5.41, 5.74) is 6.83. The summed E-state index contributed by atoms with van der Waals surface area (Å²) >= 11 is 1.07. The number of nitrogen functional groups attached to an aromatic ring is 1. The van der Waals surface area contributed by atoms with Gasteiger partial charge in [-0.3, -0.25) is 15.1 Å². The van der Waals surface area contributed by atoms with E-state index < -0.39 is 4.92 Å². The van der Waals surface area contributed by atoms with Gasteiger partial charge in [0.25, 0.3) is 0 Å². The van der Waals surface area contributed by atoms with Crippen molar-refractivity contribution >= 4 is 22.0 Å². The van der Waals surface area contributed by atoms with E-state index in [1.54, 1.807) is 24.4 Å². The van der Waals surface area contributed by atoms with Gasteiger partial charge in [0.15, 0.2) is 0 Å². The summed E-state index contributed by atoms with van der Waals surface area (Å²) in [5.74, 6) is 0. The smallest absolute Gasteiger partial charge is 0.324 e. The number of pyridine rings is 1. The highest BCUT2D eigenvalue weighted by molar-refractivity contribution is 7.18. The van der Waals surface area contributed by atoms with E-state index in [1.807, 2.05) is 0 Å². The zero-order chi connectivity index (χ0) is 10.8. The number of rotatable bonds is 2. The van der Waals surface area contributed by atoms with Gasteiger partial charge >= 0.3 is 5.00 Å². The zero-order valence-corrected chi connectivity index (χ0v) is 8.40. The number of nitrogens with two attached hydrogens (primary N) is 1. The first-order valence-electron chi connectivity index (χ1n) is 4.13. The number of nitro groups is 1. The molecule has 0 aliphatic carbocycles. The number of hydrogen-bond acceptors (Lipinski definition) is 5. The Kier molecular flexibility index (Phi) is 2.34. The molecule has 2 rings (SSSR count). The van der Waals surface area contributed by atoms with Gasteiger partial charge in [0, 0.05) is 12.3 Å². The van der Waals surface area contributed by atoms with Gasteiger partial charge in [0.1, 0.15) is 5.69 Å². The molecule has 0 saturated heterocycles. The van der Waals surface area contributed by atoms with E-state index in [0.29, 0.717) is 16.3 Å². The van der Waals surface area contributed by atoms with Crippen molar-refractivity contribution in [2.75, 3.05) is 5.73 Å². The maximum absolute atomic E-state index is 10.5. The molecule has 0 fully saturated rings. The van der Waals surface area contributed by atoms with Crippen molar-refractivity contribution in [2.45, 2.75) is 0 Å². The van der Waals surface area contributed by atoms with Gasteiger partial charge in [-0.25, -0.2) is 0 Å². The summed E-state index contributed by atoms with van der Waals surface area (Å²) in [4.78, 5) is 14.9. The molecule has 0 amide bonds. The molecule has 0 saturated carbocycles. The van der Waals surface area contributed by atoms with Gasteiger partial charge in [-0.05, 0) is 18.2 Å². The van der Waals surface area contributed by atoms with Gasteiger partial charge in [-0.2, -0.15) is 0 Å². The number of hydrogen-bond donors (Lipinski definition) is 1. The van der Waals surface area contributed by atoms with Crippen molar-refractivity contribution in [3.05, 3.63) is 40.6 Å². The van der Waals surface area contributed by atoms with Crippen molar-refractivity contribution in [1.82, 2.24) is 4.98 Å². The lowest BCUT2D eigenvalue weighted by Gasteiger charge is -1.98. The lowest BCUT2D eigenvalue weighted by molar-refractivity contribution is -0.380. The number of nitrogens with zero attached hydrogens (tertiary/aromatic N) is 2. The minimum Gasteiger partial charge on any atom is -0.397 e. The Hall–Kier alpha value is -1.95. The molecule has 0 aromatic carbocycles. The van der Waals surface area contributed by atoms with E-state index in [0.717, 1.165) is 11.3 Å². The molecule has 0 bridgehead atoms. The Morgan fingerprint density at radius 3 is 2.80 bits per heavy atom. The molecule has 2 heterocycles. The molecule has 2 aromatic rings. The van der Waals surface area contributed by atoms with Gasteiger partial charge in [-0.15, -0.1) is 0 Å². The van der Waals surface area contributed by atoms with E-state index in [4.69, 9.17) is 5.73 Å². The molecule has 6 heteroatoms. The number of thiophene rings is 1. The lowest BCUT2D eigenvalue weighted by atomic mass is 10.2. The average Bonchev–Trinajstić information content (AvgIpc) is 2.67. The second kappa shape index (κ2) is 3.66. The van der Waals surface area contributed by atoms with Crippen LogP contribution in [0.25, 0.3) is 10.6 Å². The Morgan fingerprint density at radius 2 is 2.20 bits per heavy atom. The second-order valence-corrected chi connectivity index (χ2v) is 3.90. The van der Waals surface area contributed by atoms with Crippen LogP contribution in [0.1, 0.15) is 0 Å². The first kappa shape index (κ1) is 9.60. The monoisotopic (exact) mass is 221 g/mol. The molecule has 0 spiro atoms. The molecule has 0 atom stereocenters. The summed E-state index contributed by atoms with van der Waals surface area (Å²) in [6, 6.07) is 6.55. The fourth-order valence-electron chi connectivity index (χ4n) is 1.18. The summed E-state index contributed by atoms with van der Waals surface area (Å²) in [5, 5.41) is 10.6. The predicted molar refractivity (Wildman–Crippen MR) is 58.6 cm³/mol. The fourth-order valence-corrected chi connectivity index (χ4v) is 2.02. The highest BCUT2D eigenvalue weighted by Gasteiger charge is 2.13. The van der Waals surface area contributed by atoms with Crippen LogP contribution in [0.2, 0.25) is 0 Å². The van der Waals surface area contributed by atoms with Crippen LogP contribution in [-0.2, 0) is 0 Å². The Morgan fingerprint density at radius 1 is 1.40 bits per heavy atom. The zero-order valence-electron chi connectivity index (χ0n) is 7.58. The first-order chi connectivity index (χ1) is 7.18. The third kappa shape index (κ3) is 1.79. The van der Waals surface area contributed by atoms with Gasteiger partial charge in [0.05, 0.1) is 15.5 Å². The summed E-state index contributed by atoms with van der Waals surface area (Å²) in [6.45, 7) is 0. The maximum Gasteiger partial charge on any atom is 0.324 e. The molecular weight excluding hydrogens is 214 g/mol. The van der Waals surface area contributed by atoms with Crippen LogP contribution in [-0.4, -0.2) is 9.91 Å². The molecule has 5 nitrogen and oxygen atoms in total. The quantitative estimate of drug-likeness (QED) is 0.623. The van der Waals surface area contributed by atoms with Crippen molar-refractivity contribution in [3.63, 3.8) is 0 Å². The molecule has 2 aromatic heterocycles. The first-order valence-corrected chi connectivity index (χ1v) is 4.95. The van der Waals surface area contributed by atoms with E-state index in [1.165, 1.54) is 6.07 Å². The predicted octanol–water partition coefficient (Wildman–Crippen LogP) is 2.30. The number of aromatic nitrogens is 1. The minimum absolute atomic E-state index is 0.0926. The normalized spacial score (nSPS) is 10.1. The molecule has 0 aliphatic rings. The average molecular weight is 221 g/mol. The van der Waals surface area contributed by atoms with Crippen LogP contribution < -0.4 is 5.73 Å².